The molecule has 1 amide bonds. The van der Waals surface area contributed by atoms with Gasteiger partial charge in [-0.05, 0) is 23.6 Å². The van der Waals surface area contributed by atoms with Crippen molar-refractivity contribution < 1.29 is 9.21 Å². The molecule has 0 aliphatic rings. The average molecular weight is 250 g/mol. The minimum absolute atomic E-state index is 0.0141. The van der Waals surface area contributed by atoms with Crippen LogP contribution in [0.25, 0.3) is 0 Å². The Morgan fingerprint density at radius 3 is 2.94 bits per heavy atom. The van der Waals surface area contributed by atoms with Crippen LogP contribution >= 0.6 is 11.3 Å². The van der Waals surface area contributed by atoms with Gasteiger partial charge in [-0.2, -0.15) is 0 Å². The maximum absolute atomic E-state index is 11.6. The van der Waals surface area contributed by atoms with Crippen LogP contribution in [0.2, 0.25) is 0 Å². The molecule has 0 saturated carbocycles. The maximum Gasteiger partial charge on any atom is 0.261 e. The molecule has 5 heteroatoms. The van der Waals surface area contributed by atoms with Crippen molar-refractivity contribution in [3.63, 3.8) is 0 Å². The van der Waals surface area contributed by atoms with Gasteiger partial charge in [-0.3, -0.25) is 4.79 Å². The van der Waals surface area contributed by atoms with Crippen molar-refractivity contribution in [2.75, 3.05) is 13.1 Å². The molecule has 2 N–H and O–H groups in total. The molecule has 17 heavy (non-hydrogen) atoms. The lowest BCUT2D eigenvalue weighted by Gasteiger charge is -2.04. The Morgan fingerprint density at radius 1 is 1.29 bits per heavy atom. The Kier molecular flexibility index (Phi) is 4.35. The van der Waals surface area contributed by atoms with E-state index in [9.17, 15) is 4.79 Å². The van der Waals surface area contributed by atoms with Crippen molar-refractivity contribution in [1.82, 2.24) is 10.6 Å². The van der Waals surface area contributed by atoms with E-state index in [0.717, 1.165) is 17.2 Å². The van der Waals surface area contributed by atoms with E-state index in [2.05, 4.69) is 10.6 Å². The van der Waals surface area contributed by atoms with Crippen molar-refractivity contribution in [1.29, 1.82) is 0 Å². The maximum atomic E-state index is 11.6. The minimum atomic E-state index is -0.0141. The molecule has 0 aliphatic heterocycles. The molecular weight excluding hydrogens is 236 g/mol. The fourth-order valence-corrected chi connectivity index (χ4v) is 2.02. The van der Waals surface area contributed by atoms with Crippen LogP contribution in [-0.4, -0.2) is 19.0 Å². The zero-order valence-corrected chi connectivity index (χ0v) is 10.1. The summed E-state index contributed by atoms with van der Waals surface area (Å²) < 4.78 is 5.17. The van der Waals surface area contributed by atoms with Crippen LogP contribution in [0.5, 0.6) is 0 Å². The lowest BCUT2D eigenvalue weighted by Crippen LogP contribution is -2.31. The van der Waals surface area contributed by atoms with Gasteiger partial charge < -0.3 is 15.1 Å². The van der Waals surface area contributed by atoms with Gasteiger partial charge in [-0.25, -0.2) is 0 Å². The zero-order chi connectivity index (χ0) is 11.9. The van der Waals surface area contributed by atoms with Crippen LogP contribution in [0.1, 0.15) is 15.4 Å². The fraction of sp³-hybridized carbons (Fsp3) is 0.250. The van der Waals surface area contributed by atoms with Gasteiger partial charge in [-0.15, -0.1) is 11.3 Å². The van der Waals surface area contributed by atoms with Crippen molar-refractivity contribution in [2.24, 2.45) is 0 Å². The number of amides is 1. The van der Waals surface area contributed by atoms with Crippen LogP contribution in [0.3, 0.4) is 0 Å². The lowest BCUT2D eigenvalue weighted by molar-refractivity contribution is 0.0958. The van der Waals surface area contributed by atoms with Crippen molar-refractivity contribution in [2.45, 2.75) is 6.54 Å². The van der Waals surface area contributed by atoms with Gasteiger partial charge in [0.15, 0.2) is 0 Å². The van der Waals surface area contributed by atoms with E-state index < -0.39 is 0 Å². The van der Waals surface area contributed by atoms with Gasteiger partial charge in [-0.1, -0.05) is 6.07 Å². The summed E-state index contributed by atoms with van der Waals surface area (Å²) in [4.78, 5) is 12.3. The first kappa shape index (κ1) is 11.9. The summed E-state index contributed by atoms with van der Waals surface area (Å²) >= 11 is 1.45. The molecule has 0 aliphatic carbocycles. The lowest BCUT2D eigenvalue weighted by atomic mass is 10.4. The summed E-state index contributed by atoms with van der Waals surface area (Å²) in [6.45, 7) is 2.01. The third-order valence-electron chi connectivity index (χ3n) is 2.21. The van der Waals surface area contributed by atoms with Gasteiger partial charge in [0.1, 0.15) is 5.76 Å². The number of furan rings is 1. The summed E-state index contributed by atoms with van der Waals surface area (Å²) in [7, 11) is 0. The van der Waals surface area contributed by atoms with E-state index >= 15 is 0 Å². The second-order valence-electron chi connectivity index (χ2n) is 3.49. The zero-order valence-electron chi connectivity index (χ0n) is 9.31. The first-order chi connectivity index (χ1) is 8.36. The molecule has 0 fully saturated rings. The summed E-state index contributed by atoms with van der Waals surface area (Å²) in [5, 5.41) is 7.92. The van der Waals surface area contributed by atoms with E-state index in [0.29, 0.717) is 13.1 Å². The summed E-state index contributed by atoms with van der Waals surface area (Å²) in [6.07, 6.45) is 1.65. The number of carbonyl (C=O) groups is 1. The van der Waals surface area contributed by atoms with Crippen molar-refractivity contribution in [3.8, 4) is 0 Å². The molecule has 2 heterocycles. The Bertz CT molecular complexity index is 437. The Hall–Kier alpha value is -1.59. The highest BCUT2D eigenvalue weighted by atomic mass is 32.1. The van der Waals surface area contributed by atoms with Crippen LogP contribution < -0.4 is 10.6 Å². The van der Waals surface area contributed by atoms with Crippen molar-refractivity contribution >= 4 is 17.2 Å². The predicted octanol–water partition coefficient (Wildman–Crippen LogP) is 1.86. The van der Waals surface area contributed by atoms with E-state index in [4.69, 9.17) is 4.42 Å². The molecule has 0 unspecified atom stereocenters. The number of nitrogens with one attached hydrogen (secondary N) is 2. The molecule has 0 bridgehead atoms. The second kappa shape index (κ2) is 6.22. The smallest absolute Gasteiger partial charge is 0.261 e. The van der Waals surface area contributed by atoms with E-state index in [1.54, 1.807) is 6.26 Å². The van der Waals surface area contributed by atoms with Crippen molar-refractivity contribution in [3.05, 3.63) is 46.5 Å². The molecular formula is C12H14N2O2S. The molecule has 0 saturated heterocycles. The third kappa shape index (κ3) is 3.72. The van der Waals surface area contributed by atoms with Gasteiger partial charge >= 0.3 is 0 Å². The first-order valence-electron chi connectivity index (χ1n) is 5.41. The fourth-order valence-electron chi connectivity index (χ4n) is 1.38. The minimum Gasteiger partial charge on any atom is -0.468 e. The number of hydrogen-bond donors (Lipinski definition) is 2. The molecule has 2 aromatic heterocycles. The highest BCUT2D eigenvalue weighted by molar-refractivity contribution is 7.12. The van der Waals surface area contributed by atoms with Crippen LogP contribution in [0.4, 0.5) is 0 Å². The Morgan fingerprint density at radius 2 is 2.24 bits per heavy atom. The second-order valence-corrected chi connectivity index (χ2v) is 4.44. The quantitative estimate of drug-likeness (QED) is 0.769. The van der Waals surface area contributed by atoms with E-state index in [-0.39, 0.29) is 5.91 Å². The molecule has 0 spiro atoms. The summed E-state index contributed by atoms with van der Waals surface area (Å²) in [5.74, 6) is 0.884. The van der Waals surface area contributed by atoms with Crippen LogP contribution in [-0.2, 0) is 6.54 Å². The van der Waals surface area contributed by atoms with Gasteiger partial charge in [0.25, 0.3) is 5.91 Å². The molecule has 0 aromatic carbocycles. The van der Waals surface area contributed by atoms with Gasteiger partial charge in [0, 0.05) is 13.1 Å². The summed E-state index contributed by atoms with van der Waals surface area (Å²) in [5.41, 5.74) is 0. The largest absolute Gasteiger partial charge is 0.468 e. The SMILES string of the molecule is O=C(NCCNCc1ccco1)c1cccs1. The van der Waals surface area contributed by atoms with Gasteiger partial charge in [0.05, 0.1) is 17.7 Å². The van der Waals surface area contributed by atoms with Crippen LogP contribution in [0.15, 0.2) is 40.3 Å². The topological polar surface area (TPSA) is 54.3 Å². The molecule has 2 rings (SSSR count). The van der Waals surface area contributed by atoms with Gasteiger partial charge in [0.2, 0.25) is 0 Å². The van der Waals surface area contributed by atoms with E-state index in [1.807, 2.05) is 29.6 Å². The highest BCUT2D eigenvalue weighted by Gasteiger charge is 2.04. The Balaban J connectivity index is 1.59. The summed E-state index contributed by atoms with van der Waals surface area (Å²) in [6, 6.07) is 7.46. The molecule has 0 radical (unpaired) electrons. The third-order valence-corrected chi connectivity index (χ3v) is 3.08. The molecule has 4 nitrogen and oxygen atoms in total. The highest BCUT2D eigenvalue weighted by Crippen LogP contribution is 2.07. The molecule has 2 aromatic rings. The number of rotatable bonds is 6. The van der Waals surface area contributed by atoms with E-state index in [1.165, 1.54) is 11.3 Å². The average Bonchev–Trinajstić information content (AvgIpc) is 3.01. The number of hydrogen-bond acceptors (Lipinski definition) is 4. The van der Waals surface area contributed by atoms with Crippen LogP contribution in [0, 0.1) is 0 Å². The molecule has 90 valence electrons. The Labute approximate surface area is 104 Å². The number of carbonyl (C=O) groups excluding carboxylic acids is 1. The predicted molar refractivity (Wildman–Crippen MR) is 67.1 cm³/mol. The standard InChI is InChI=1S/C12H14N2O2S/c15-12(11-4-2-8-17-11)14-6-5-13-9-10-3-1-7-16-10/h1-4,7-8,13H,5-6,9H2,(H,14,15). The molecule has 0 atom stereocenters. The first-order valence-corrected chi connectivity index (χ1v) is 6.29. The monoisotopic (exact) mass is 250 g/mol. The number of thiophene rings is 1. The normalized spacial score (nSPS) is 10.4.